The van der Waals surface area contributed by atoms with Gasteiger partial charge in [-0.05, 0) is 58.9 Å². The van der Waals surface area contributed by atoms with Crippen LogP contribution in [0.1, 0.15) is 66.5 Å². The van der Waals surface area contributed by atoms with Crippen molar-refractivity contribution in [3.05, 3.63) is 64.8 Å². The molecule has 0 saturated heterocycles. The number of aromatic nitrogens is 1. The lowest BCUT2D eigenvalue weighted by atomic mass is 9.76. The van der Waals surface area contributed by atoms with Crippen LogP contribution < -0.4 is 4.57 Å². The van der Waals surface area contributed by atoms with Crippen LogP contribution in [0.3, 0.4) is 0 Å². The maximum atomic E-state index is 8.59. The van der Waals surface area contributed by atoms with Gasteiger partial charge in [0.2, 0.25) is 5.69 Å². The van der Waals surface area contributed by atoms with Gasteiger partial charge in [-0.25, -0.2) is 4.57 Å². The van der Waals surface area contributed by atoms with Crippen molar-refractivity contribution in [1.29, 1.82) is 0 Å². The first-order valence-corrected chi connectivity index (χ1v) is 9.79. The number of nitrogens with zero attached hydrogens (tertiary/aromatic N) is 1. The van der Waals surface area contributed by atoms with E-state index in [1.807, 2.05) is 24.6 Å². The van der Waals surface area contributed by atoms with Gasteiger partial charge in [0, 0.05) is 6.04 Å². The Hall–Kier alpha value is -2.15. The lowest BCUT2D eigenvalue weighted by molar-refractivity contribution is -0.659. The normalized spacial score (nSPS) is 13.7. The number of pyridine rings is 1. The molecule has 1 heteroatoms. The van der Waals surface area contributed by atoms with Crippen LogP contribution in [0.5, 0.6) is 0 Å². The predicted octanol–water partition coefficient (Wildman–Crippen LogP) is 6.54. The van der Waals surface area contributed by atoms with Crippen LogP contribution in [0.2, 0.25) is 0 Å². The van der Waals surface area contributed by atoms with Gasteiger partial charge in [-0.15, -0.1) is 0 Å². The lowest BCUT2D eigenvalue weighted by Gasteiger charge is -2.28. The van der Waals surface area contributed by atoms with E-state index in [1.165, 1.54) is 16.7 Å². The molecule has 1 aromatic heterocycles. The van der Waals surface area contributed by atoms with E-state index in [0.717, 1.165) is 27.6 Å². The number of fused-ring (bicyclic) bond motifs is 1. The first kappa shape index (κ1) is 17.0. The Bertz CT molecular complexity index is 1110. The third-order valence-electron chi connectivity index (χ3n) is 5.46. The topological polar surface area (TPSA) is 3.88 Å². The summed E-state index contributed by atoms with van der Waals surface area (Å²) in [5, 5.41) is 1.88. The van der Waals surface area contributed by atoms with Gasteiger partial charge in [-0.2, -0.15) is 0 Å². The molecule has 0 spiro atoms. The minimum absolute atomic E-state index is 0.0181. The fourth-order valence-electron chi connectivity index (χ4n) is 3.85. The minimum atomic E-state index is 0.0181. The molecule has 0 atom stereocenters. The summed E-state index contributed by atoms with van der Waals surface area (Å²) in [5.74, 6) is 0. The molecule has 0 bridgehead atoms. The van der Waals surface area contributed by atoms with Gasteiger partial charge in [-0.3, -0.25) is 0 Å². The molecular formula is C26H34N+. The molecular weight excluding hydrogens is 326 g/mol. The van der Waals surface area contributed by atoms with Crippen molar-refractivity contribution >= 4 is 10.8 Å². The minimum Gasteiger partial charge on any atom is -0.200 e. The Balaban J connectivity index is 2.54. The summed E-state index contributed by atoms with van der Waals surface area (Å²) < 4.78 is 19.0. The summed E-state index contributed by atoms with van der Waals surface area (Å²) >= 11 is 0. The SMILES string of the molecule is [2H]c1c([2H])[n+](C)c(-c2cc(C(C)(C)C)cc(C(C)(C)C)c2C)c2ccc(C)cc12. The zero-order valence-electron chi connectivity index (χ0n) is 20.3. The van der Waals surface area contributed by atoms with Crippen molar-refractivity contribution in [2.45, 2.75) is 66.2 Å². The molecule has 0 N–H and O–H groups in total. The van der Waals surface area contributed by atoms with Crippen molar-refractivity contribution in [1.82, 2.24) is 0 Å². The van der Waals surface area contributed by atoms with E-state index in [-0.39, 0.29) is 23.0 Å². The van der Waals surface area contributed by atoms with Crippen LogP contribution in [0, 0.1) is 13.8 Å². The average molecular weight is 363 g/mol. The summed E-state index contributed by atoms with van der Waals surface area (Å²) in [5.41, 5.74) is 7.21. The highest BCUT2D eigenvalue weighted by molar-refractivity contribution is 5.94. The Morgan fingerprint density at radius 3 is 2.15 bits per heavy atom. The maximum absolute atomic E-state index is 8.59. The van der Waals surface area contributed by atoms with E-state index in [9.17, 15) is 0 Å². The Kier molecular flexibility index (Phi) is 4.07. The maximum Gasteiger partial charge on any atom is 0.220 e. The molecule has 0 aliphatic carbocycles. The van der Waals surface area contributed by atoms with E-state index in [2.05, 4.69) is 72.7 Å². The second kappa shape index (κ2) is 6.48. The quantitative estimate of drug-likeness (QED) is 0.433. The molecule has 0 amide bonds. The predicted molar refractivity (Wildman–Crippen MR) is 117 cm³/mol. The molecule has 0 fully saturated rings. The lowest BCUT2D eigenvalue weighted by Crippen LogP contribution is -2.31. The second-order valence-electron chi connectivity index (χ2n) is 9.89. The molecule has 1 heterocycles. The second-order valence-corrected chi connectivity index (χ2v) is 9.89. The van der Waals surface area contributed by atoms with E-state index in [4.69, 9.17) is 2.74 Å². The molecule has 27 heavy (non-hydrogen) atoms. The molecule has 142 valence electrons. The number of benzene rings is 2. The molecule has 2 aromatic carbocycles. The number of hydrogen-bond donors (Lipinski definition) is 0. The summed E-state index contributed by atoms with van der Waals surface area (Å²) in [6.45, 7) is 17.8. The van der Waals surface area contributed by atoms with Gasteiger partial charge in [0.25, 0.3) is 0 Å². The Morgan fingerprint density at radius 2 is 1.56 bits per heavy atom. The van der Waals surface area contributed by atoms with Crippen LogP contribution in [-0.4, -0.2) is 0 Å². The fourth-order valence-corrected chi connectivity index (χ4v) is 3.85. The standard InChI is InChI=1S/C26H34N/c1-17-10-11-21-19(14-17)12-13-27(9)24(21)22-15-20(25(3,4)5)16-23(18(22)2)26(6,7)8/h10-16H,1-9H3/q+1/i12D,13D. The van der Waals surface area contributed by atoms with Gasteiger partial charge < -0.3 is 0 Å². The fraction of sp³-hybridized carbons (Fsp3) is 0.423. The zero-order chi connectivity index (χ0) is 21.9. The van der Waals surface area contributed by atoms with Crippen molar-refractivity contribution in [3.8, 4) is 11.3 Å². The monoisotopic (exact) mass is 362 g/mol. The summed E-state index contributed by atoms with van der Waals surface area (Å²) in [6.07, 6.45) is 0.246. The number of rotatable bonds is 1. The zero-order valence-corrected chi connectivity index (χ0v) is 18.3. The van der Waals surface area contributed by atoms with Crippen molar-refractivity contribution in [2.24, 2.45) is 7.05 Å². The molecule has 0 radical (unpaired) electrons. The first-order chi connectivity index (χ1) is 13.2. The highest BCUT2D eigenvalue weighted by atomic mass is 14.9. The Morgan fingerprint density at radius 1 is 0.889 bits per heavy atom. The van der Waals surface area contributed by atoms with Crippen LogP contribution in [0.15, 0.2) is 42.5 Å². The van der Waals surface area contributed by atoms with Crippen LogP contribution in [0.4, 0.5) is 0 Å². The molecule has 0 aliphatic rings. The smallest absolute Gasteiger partial charge is 0.200 e. The summed E-state index contributed by atoms with van der Waals surface area (Å²) in [7, 11) is 1.91. The average Bonchev–Trinajstić information content (AvgIpc) is 2.59. The molecule has 3 rings (SSSR count). The highest BCUT2D eigenvalue weighted by Crippen LogP contribution is 2.38. The third-order valence-corrected chi connectivity index (χ3v) is 5.46. The number of hydrogen-bond acceptors (Lipinski definition) is 0. The van der Waals surface area contributed by atoms with Gasteiger partial charge in [0.05, 0.1) is 12.3 Å². The van der Waals surface area contributed by atoms with E-state index in [0.29, 0.717) is 0 Å². The van der Waals surface area contributed by atoms with Crippen molar-refractivity contribution in [3.63, 3.8) is 0 Å². The summed E-state index contributed by atoms with van der Waals surface area (Å²) in [4.78, 5) is 0. The molecule has 0 unspecified atom stereocenters. The van der Waals surface area contributed by atoms with Crippen molar-refractivity contribution < 1.29 is 7.31 Å². The van der Waals surface area contributed by atoms with Crippen LogP contribution >= 0.6 is 0 Å². The van der Waals surface area contributed by atoms with Crippen LogP contribution in [0.25, 0.3) is 22.0 Å². The van der Waals surface area contributed by atoms with Crippen LogP contribution in [-0.2, 0) is 17.9 Å². The van der Waals surface area contributed by atoms with E-state index in [1.54, 1.807) is 0 Å². The van der Waals surface area contributed by atoms with Gasteiger partial charge in [0.1, 0.15) is 8.42 Å². The molecule has 0 aliphatic heterocycles. The summed E-state index contributed by atoms with van der Waals surface area (Å²) in [6, 6.07) is 11.2. The Labute approximate surface area is 167 Å². The van der Waals surface area contributed by atoms with E-state index < -0.39 is 0 Å². The van der Waals surface area contributed by atoms with E-state index >= 15 is 0 Å². The van der Waals surface area contributed by atoms with Gasteiger partial charge in [0.15, 0.2) is 6.17 Å². The first-order valence-electron chi connectivity index (χ1n) is 10.8. The van der Waals surface area contributed by atoms with Gasteiger partial charge in [-0.1, -0.05) is 65.3 Å². The van der Waals surface area contributed by atoms with Crippen molar-refractivity contribution in [2.75, 3.05) is 0 Å². The number of aryl methyl sites for hydroxylation is 1. The third kappa shape index (κ3) is 3.65. The molecule has 3 aromatic rings. The van der Waals surface area contributed by atoms with Gasteiger partial charge >= 0.3 is 0 Å². The molecule has 1 nitrogen and oxygen atoms in total. The largest absolute Gasteiger partial charge is 0.220 e. The molecule has 0 saturated carbocycles. The highest BCUT2D eigenvalue weighted by Gasteiger charge is 2.27.